The SMILES string of the molecule is CCOP(CCNCCc1c(O)c2c(c(C)c1CC)COC2=O)OCC. The summed E-state index contributed by atoms with van der Waals surface area (Å²) in [7, 11) is -0.835. The first-order valence-corrected chi connectivity index (χ1v) is 10.7. The van der Waals surface area contributed by atoms with E-state index in [1.54, 1.807) is 0 Å². The third-order valence-electron chi connectivity index (χ3n) is 4.57. The van der Waals surface area contributed by atoms with E-state index in [0.717, 1.165) is 47.9 Å². The molecule has 0 aliphatic carbocycles. The van der Waals surface area contributed by atoms with Crippen molar-refractivity contribution in [3.63, 3.8) is 0 Å². The second-order valence-electron chi connectivity index (χ2n) is 6.11. The molecule has 26 heavy (non-hydrogen) atoms. The second kappa shape index (κ2) is 10.2. The number of phenolic OH excluding ortho intramolecular Hbond substituents is 1. The van der Waals surface area contributed by atoms with E-state index in [1.165, 1.54) is 0 Å². The summed E-state index contributed by atoms with van der Waals surface area (Å²) < 4.78 is 16.3. The minimum atomic E-state index is -0.835. The molecule has 0 atom stereocenters. The number of hydrogen-bond donors (Lipinski definition) is 2. The van der Waals surface area contributed by atoms with Crippen molar-refractivity contribution in [3.8, 4) is 5.75 Å². The van der Waals surface area contributed by atoms with E-state index in [2.05, 4.69) is 12.2 Å². The van der Waals surface area contributed by atoms with Crippen LogP contribution >= 0.6 is 8.38 Å². The van der Waals surface area contributed by atoms with Crippen LogP contribution in [-0.2, 0) is 33.2 Å². The monoisotopic (exact) mass is 383 g/mol. The van der Waals surface area contributed by atoms with Crippen LogP contribution in [-0.4, -0.2) is 43.5 Å². The molecule has 0 saturated heterocycles. The molecule has 1 aliphatic rings. The minimum absolute atomic E-state index is 0.0950. The van der Waals surface area contributed by atoms with Gasteiger partial charge >= 0.3 is 5.97 Å². The number of fused-ring (bicyclic) bond motifs is 1. The van der Waals surface area contributed by atoms with Gasteiger partial charge in [-0.15, -0.1) is 0 Å². The Morgan fingerprint density at radius 2 is 1.85 bits per heavy atom. The molecule has 6 nitrogen and oxygen atoms in total. The van der Waals surface area contributed by atoms with Crippen LogP contribution in [0, 0.1) is 6.92 Å². The molecular weight excluding hydrogens is 353 g/mol. The van der Waals surface area contributed by atoms with Gasteiger partial charge in [0.2, 0.25) is 0 Å². The molecule has 2 rings (SSSR count). The number of ether oxygens (including phenoxy) is 1. The van der Waals surface area contributed by atoms with Crippen LogP contribution in [0.2, 0.25) is 0 Å². The fourth-order valence-corrected chi connectivity index (χ4v) is 4.60. The van der Waals surface area contributed by atoms with Gasteiger partial charge in [-0.3, -0.25) is 0 Å². The number of nitrogens with one attached hydrogen (secondary N) is 1. The van der Waals surface area contributed by atoms with Crippen LogP contribution in [0.4, 0.5) is 0 Å². The Labute approximate surface area is 157 Å². The third kappa shape index (κ3) is 4.74. The first-order chi connectivity index (χ1) is 12.5. The van der Waals surface area contributed by atoms with Gasteiger partial charge < -0.3 is 24.2 Å². The highest BCUT2D eigenvalue weighted by Crippen LogP contribution is 2.38. The van der Waals surface area contributed by atoms with Crippen LogP contribution in [0.25, 0.3) is 0 Å². The van der Waals surface area contributed by atoms with Crippen LogP contribution in [0.15, 0.2) is 0 Å². The Kier molecular flexibility index (Phi) is 8.29. The minimum Gasteiger partial charge on any atom is -0.507 e. The van der Waals surface area contributed by atoms with Crippen LogP contribution in [0.3, 0.4) is 0 Å². The molecule has 0 bridgehead atoms. The molecule has 0 aromatic heterocycles. The Bertz CT molecular complexity index is 629. The Balaban J connectivity index is 1.98. The quantitative estimate of drug-likeness (QED) is 0.346. The normalized spacial score (nSPS) is 13.3. The molecule has 0 unspecified atom stereocenters. The van der Waals surface area contributed by atoms with Crippen LogP contribution in [0.5, 0.6) is 5.75 Å². The maximum atomic E-state index is 11.9. The van der Waals surface area contributed by atoms with Gasteiger partial charge in [-0.25, -0.2) is 4.79 Å². The van der Waals surface area contributed by atoms with E-state index < -0.39 is 14.3 Å². The van der Waals surface area contributed by atoms with Gasteiger partial charge in [0.1, 0.15) is 17.9 Å². The lowest BCUT2D eigenvalue weighted by atomic mass is 9.89. The number of cyclic esters (lactones) is 1. The van der Waals surface area contributed by atoms with E-state index in [0.29, 0.717) is 25.2 Å². The molecule has 2 N–H and O–H groups in total. The lowest BCUT2D eigenvalue weighted by Crippen LogP contribution is -2.22. The van der Waals surface area contributed by atoms with Crippen molar-refractivity contribution < 1.29 is 23.7 Å². The van der Waals surface area contributed by atoms with E-state index in [1.807, 2.05) is 20.8 Å². The molecule has 0 spiro atoms. The lowest BCUT2D eigenvalue weighted by Gasteiger charge is -2.18. The van der Waals surface area contributed by atoms with Gasteiger partial charge in [0.05, 0.1) is 13.2 Å². The molecule has 1 heterocycles. The van der Waals surface area contributed by atoms with Gasteiger partial charge in [0.25, 0.3) is 0 Å². The van der Waals surface area contributed by atoms with Crippen molar-refractivity contribution >= 4 is 14.3 Å². The summed E-state index contributed by atoms with van der Waals surface area (Å²) in [6.45, 7) is 11.1. The zero-order chi connectivity index (χ0) is 19.1. The van der Waals surface area contributed by atoms with Crippen LogP contribution in [0.1, 0.15) is 53.4 Å². The van der Waals surface area contributed by atoms with Gasteiger partial charge in [-0.05, 0) is 56.8 Å². The van der Waals surface area contributed by atoms with Gasteiger partial charge in [-0.2, -0.15) is 0 Å². The molecule has 1 aliphatic heterocycles. The number of carbonyl (C=O) groups excluding carboxylic acids is 1. The summed E-state index contributed by atoms with van der Waals surface area (Å²) in [6, 6.07) is 0. The number of esters is 1. The van der Waals surface area contributed by atoms with Crippen molar-refractivity contribution in [2.75, 3.05) is 32.5 Å². The topological polar surface area (TPSA) is 77.0 Å². The molecule has 7 heteroatoms. The summed E-state index contributed by atoms with van der Waals surface area (Å²) >= 11 is 0. The summed E-state index contributed by atoms with van der Waals surface area (Å²) in [6.07, 6.45) is 2.31. The highest BCUT2D eigenvalue weighted by molar-refractivity contribution is 7.47. The number of benzene rings is 1. The highest BCUT2D eigenvalue weighted by atomic mass is 31.2. The summed E-state index contributed by atoms with van der Waals surface area (Å²) in [5, 5.41) is 14.0. The van der Waals surface area contributed by atoms with Crippen molar-refractivity contribution in [3.05, 3.63) is 27.8 Å². The smallest absolute Gasteiger partial charge is 0.342 e. The average molecular weight is 383 g/mol. The average Bonchev–Trinajstić information content (AvgIpc) is 3.01. The fraction of sp³-hybridized carbons (Fsp3) is 0.632. The van der Waals surface area contributed by atoms with E-state index in [-0.39, 0.29) is 12.4 Å². The van der Waals surface area contributed by atoms with Crippen molar-refractivity contribution in [2.24, 2.45) is 0 Å². The summed E-state index contributed by atoms with van der Waals surface area (Å²) in [5.41, 5.74) is 4.22. The first kappa shape index (κ1) is 21.1. The summed E-state index contributed by atoms with van der Waals surface area (Å²) in [4.78, 5) is 11.9. The van der Waals surface area contributed by atoms with Crippen molar-refractivity contribution in [1.29, 1.82) is 0 Å². The maximum Gasteiger partial charge on any atom is 0.342 e. The van der Waals surface area contributed by atoms with Crippen molar-refractivity contribution in [2.45, 2.75) is 47.1 Å². The molecule has 0 fully saturated rings. The molecule has 146 valence electrons. The van der Waals surface area contributed by atoms with E-state index in [4.69, 9.17) is 13.8 Å². The lowest BCUT2D eigenvalue weighted by molar-refractivity contribution is 0.0533. The Hall–Kier alpha value is -1.20. The van der Waals surface area contributed by atoms with Gasteiger partial charge in [0, 0.05) is 18.3 Å². The zero-order valence-corrected chi connectivity index (χ0v) is 17.1. The van der Waals surface area contributed by atoms with Crippen LogP contribution < -0.4 is 5.32 Å². The van der Waals surface area contributed by atoms with Gasteiger partial charge in [-0.1, -0.05) is 6.92 Å². The Morgan fingerprint density at radius 3 is 2.46 bits per heavy atom. The largest absolute Gasteiger partial charge is 0.507 e. The Morgan fingerprint density at radius 1 is 1.15 bits per heavy atom. The maximum absolute atomic E-state index is 11.9. The number of rotatable bonds is 11. The third-order valence-corrected chi connectivity index (χ3v) is 6.25. The number of phenols is 1. The first-order valence-electron chi connectivity index (χ1n) is 9.32. The predicted octanol–water partition coefficient (Wildman–Crippen LogP) is 3.45. The fourth-order valence-electron chi connectivity index (χ4n) is 3.35. The number of hydrogen-bond acceptors (Lipinski definition) is 6. The number of carbonyl (C=O) groups is 1. The molecular formula is C19H30NO5P. The zero-order valence-electron chi connectivity index (χ0n) is 16.2. The second-order valence-corrected chi connectivity index (χ2v) is 7.73. The van der Waals surface area contributed by atoms with Crippen molar-refractivity contribution in [1.82, 2.24) is 5.32 Å². The summed E-state index contributed by atoms with van der Waals surface area (Å²) in [5.74, 6) is -0.325. The molecule has 1 aromatic carbocycles. The molecule has 0 saturated carbocycles. The molecule has 1 aromatic rings. The molecule has 0 amide bonds. The number of aromatic hydroxyl groups is 1. The van der Waals surface area contributed by atoms with E-state index in [9.17, 15) is 9.90 Å². The molecule has 0 radical (unpaired) electrons. The predicted molar refractivity (Wildman–Crippen MR) is 103 cm³/mol. The van der Waals surface area contributed by atoms with Gasteiger partial charge in [0.15, 0.2) is 8.38 Å². The van der Waals surface area contributed by atoms with E-state index >= 15 is 0 Å². The standard InChI is InChI=1S/C19H30NO5P/c1-5-14-13(4)16-12-23-19(22)17(16)18(21)15(14)8-9-20-10-11-26(24-6-2)25-7-3/h20-21H,5-12H2,1-4H3. The highest BCUT2D eigenvalue weighted by Gasteiger charge is 2.30.